The van der Waals surface area contributed by atoms with Crippen molar-refractivity contribution in [1.82, 2.24) is 34.7 Å². The molecular weight excluding hydrogens is 1290 g/mol. The maximum Gasteiger partial charge on any atom is 0.317 e. The van der Waals surface area contributed by atoms with E-state index in [2.05, 4.69) is 96.6 Å². The van der Waals surface area contributed by atoms with Crippen LogP contribution in [0.15, 0.2) is 4.99 Å². The van der Waals surface area contributed by atoms with Crippen molar-refractivity contribution in [2.45, 2.75) is 272 Å². The number of carboxylic acid groups (broad SMARTS) is 1. The molecule has 18 nitrogen and oxygen atoms in total. The Morgan fingerprint density at radius 2 is 0.889 bits per heavy atom. The third-order valence-corrected chi connectivity index (χ3v) is 19.7. The molecule has 14 atom stereocenters. The van der Waals surface area contributed by atoms with Crippen LogP contribution in [0.2, 0.25) is 0 Å². The number of carbonyl (C=O) groups excluding carboxylic acids is 6. The van der Waals surface area contributed by atoms with E-state index in [1.54, 1.807) is 20.8 Å². The van der Waals surface area contributed by atoms with Crippen molar-refractivity contribution in [2.75, 3.05) is 60.9 Å². The molecule has 12 unspecified atom stereocenters. The molecule has 20 heteroatoms. The number of nitrogens with one attached hydrogen (secondary N) is 1. The van der Waals surface area contributed by atoms with Crippen LogP contribution in [0.1, 0.15) is 224 Å². The van der Waals surface area contributed by atoms with Crippen molar-refractivity contribution in [1.29, 1.82) is 5.26 Å². The van der Waals surface area contributed by atoms with Crippen molar-refractivity contribution in [3.05, 3.63) is 27.9 Å². The van der Waals surface area contributed by atoms with Crippen LogP contribution in [-0.2, 0) is 99.0 Å². The molecule has 0 aromatic carbocycles. The van der Waals surface area contributed by atoms with E-state index >= 15 is 0 Å². The van der Waals surface area contributed by atoms with Crippen LogP contribution in [0.4, 0.5) is 0 Å². The molecule has 0 aromatic rings. The van der Waals surface area contributed by atoms with Gasteiger partial charge in [0.25, 0.3) is 0 Å². The Morgan fingerprint density at radius 1 is 0.544 bits per heavy atom. The number of hydrogen-bond acceptors (Lipinski definition) is 14. The number of aliphatic carboxylic acids is 1. The van der Waals surface area contributed by atoms with Crippen LogP contribution in [0.3, 0.4) is 0 Å². The van der Waals surface area contributed by atoms with Crippen LogP contribution in [0.25, 0.3) is 0 Å². The molecule has 6 saturated carbocycles. The fraction of sp³-hybridized carbons (Fsp3) is 0.814. The summed E-state index contributed by atoms with van der Waals surface area (Å²) in [6.45, 7) is 27.3. The van der Waals surface area contributed by atoms with Crippen molar-refractivity contribution in [3.63, 3.8) is 0 Å². The van der Waals surface area contributed by atoms with Gasteiger partial charge >= 0.3 is 5.97 Å². The van der Waals surface area contributed by atoms with E-state index in [-0.39, 0.29) is 115 Å². The average Bonchev–Trinajstić information content (AvgIpc) is 4.52. The summed E-state index contributed by atoms with van der Waals surface area (Å²) in [5.41, 5.74) is 5.11. The third-order valence-electron chi connectivity index (χ3n) is 19.7. The minimum atomic E-state index is -0.909. The molecule has 6 fully saturated rings. The standard InChI is InChI=1S/C14H25N3O2.C14H23N3O.C11H21NO.C10H19NO2.C10H19NO.C10H17NO.CH4.2Y/c1-5-11-6-7-12(8-11)16(3)9-13(18)17(4)10(2)14(15)19;1-5-12-6-7-13(8-12)16(3)10-14(18)17(4)11(2)9-15;1-4-10-5-6-11(7-10)12(3)8-9(2)13;1-3-8-4-5-9(6-8)11(2)7-10(12)13;2*1-3-9-4-5-10(6-9)11-7-8(2)12;;;/h10-12H,2,4-9H2,1,3H3,(H2,15,19);11-13H,2,4-8,10H2,1,3H3;10-11H,4-8H2,1-3H3;8-9H,3-7H2,1-2H3,(H,12,13);9-11H,3-7H2,1-2H3;7,9-10H,3-6H2,1-2H3;1H4;;/q2*-2;;;;;;;/t10-,11?,12?;11-,12?,13?;;;;;;;/m00......./s1. The minimum absolute atomic E-state index is 0. The number of Topliss-reactive ketones (excluding diaryl/α,β-unsaturated/α-hetero) is 3. The first-order chi connectivity index (χ1) is 41.1. The van der Waals surface area contributed by atoms with Crippen molar-refractivity contribution in [3.8, 4) is 6.07 Å². The van der Waals surface area contributed by atoms with Crippen LogP contribution in [0, 0.1) is 74.8 Å². The summed E-state index contributed by atoms with van der Waals surface area (Å²) in [6.07, 6.45) is 31.1. The minimum Gasteiger partial charge on any atom is -0.509 e. The molecule has 6 rings (SSSR count). The normalized spacial score (nSPS) is 26.2. The van der Waals surface area contributed by atoms with Crippen molar-refractivity contribution >= 4 is 47.3 Å². The zero-order valence-corrected chi connectivity index (χ0v) is 63.8. The van der Waals surface area contributed by atoms with Crippen LogP contribution in [0.5, 0.6) is 0 Å². The van der Waals surface area contributed by atoms with Gasteiger partial charge in [0.05, 0.1) is 51.0 Å². The molecule has 0 saturated heterocycles. The monoisotopic (exact) mass is 1410 g/mol. The molecule has 0 aliphatic heterocycles. The van der Waals surface area contributed by atoms with Gasteiger partial charge in [0.15, 0.2) is 5.78 Å². The van der Waals surface area contributed by atoms with Gasteiger partial charge in [-0.1, -0.05) is 87.5 Å². The van der Waals surface area contributed by atoms with E-state index < -0.39 is 24.0 Å². The molecule has 0 heterocycles. The maximum absolute atomic E-state index is 12.0. The smallest absolute Gasteiger partial charge is 0.317 e. The molecule has 4 N–H and O–H groups in total. The van der Waals surface area contributed by atoms with E-state index in [1.165, 1.54) is 146 Å². The number of amides is 3. The van der Waals surface area contributed by atoms with Gasteiger partial charge in [-0.25, -0.2) is 0 Å². The summed E-state index contributed by atoms with van der Waals surface area (Å²) >= 11 is 0. The van der Waals surface area contributed by atoms with Crippen molar-refractivity contribution in [2.24, 2.45) is 46.2 Å². The van der Waals surface area contributed by atoms with Gasteiger partial charge in [0, 0.05) is 103 Å². The Labute approximate surface area is 599 Å². The maximum atomic E-state index is 12.0. The summed E-state index contributed by atoms with van der Waals surface area (Å²) < 4.78 is 0. The van der Waals surface area contributed by atoms with Crippen LogP contribution < -0.4 is 11.1 Å². The number of likely N-dealkylation sites (N-methyl/N-ethyl adjacent to an activating group) is 4. The molecular formula is C70H128N10O8Y2-4. The number of carbonyl (C=O) groups is 7. The molecule has 0 bridgehead atoms. The van der Waals surface area contributed by atoms with Gasteiger partial charge in [-0.3, -0.25) is 72.2 Å². The molecule has 6 aliphatic carbocycles. The second-order valence-electron chi connectivity index (χ2n) is 26.5. The number of hydrogen-bond donors (Lipinski definition) is 3. The van der Waals surface area contributed by atoms with Crippen molar-refractivity contribution < 1.29 is 104 Å². The van der Waals surface area contributed by atoms with Crippen LogP contribution >= 0.6 is 0 Å². The number of aliphatic imine (C=N–C) groups is 1. The number of nitrogens with zero attached hydrogens (tertiary/aromatic N) is 8. The van der Waals surface area contributed by atoms with Gasteiger partial charge in [0.2, 0.25) is 17.7 Å². The predicted octanol–water partition coefficient (Wildman–Crippen LogP) is 10.9. The predicted molar refractivity (Wildman–Crippen MR) is 359 cm³/mol. The van der Waals surface area contributed by atoms with Gasteiger partial charge < -0.3 is 39.8 Å². The number of rotatable bonds is 26. The van der Waals surface area contributed by atoms with E-state index in [1.807, 2.05) is 37.0 Å². The zero-order valence-electron chi connectivity index (χ0n) is 58.1. The molecule has 3 amide bonds. The number of nitrogens with two attached hydrogens (primary N) is 1. The first-order valence-corrected chi connectivity index (χ1v) is 33.4. The fourth-order valence-electron chi connectivity index (χ4n) is 13.2. The fourth-order valence-corrected chi connectivity index (χ4v) is 13.2. The first-order valence-electron chi connectivity index (χ1n) is 33.4. The van der Waals surface area contributed by atoms with Gasteiger partial charge in [-0.05, 0) is 205 Å². The number of carboxylic acids is 1. The second-order valence-corrected chi connectivity index (χ2v) is 26.5. The zero-order chi connectivity index (χ0) is 65.9. The van der Waals surface area contributed by atoms with Gasteiger partial charge in [-0.15, -0.1) is 0 Å². The quantitative estimate of drug-likeness (QED) is 0.0540. The summed E-state index contributed by atoms with van der Waals surface area (Å²) in [4.78, 5) is 92.4. The number of primary amides is 1. The summed E-state index contributed by atoms with van der Waals surface area (Å²) in [6, 6.07) is 3.43. The Balaban J connectivity index is -0.00000101. The largest absolute Gasteiger partial charge is 0.509 e. The summed E-state index contributed by atoms with van der Waals surface area (Å²) in [5.74, 6) is 3.90. The molecule has 0 spiro atoms. The molecule has 516 valence electrons. The van der Waals surface area contributed by atoms with E-state index in [0.717, 1.165) is 59.7 Å². The van der Waals surface area contributed by atoms with E-state index in [4.69, 9.17) is 16.1 Å². The summed E-state index contributed by atoms with van der Waals surface area (Å²) in [5, 5.41) is 20.6. The Kier molecular flexibility index (Phi) is 52.6. The van der Waals surface area contributed by atoms with Crippen LogP contribution in [-0.4, -0.2) is 191 Å². The number of ketones is 3. The Bertz CT molecular complexity index is 2060. The Morgan fingerprint density at radius 3 is 1.20 bits per heavy atom. The molecule has 90 heavy (non-hydrogen) atoms. The molecule has 2 radical (unpaired) electrons. The SMILES string of the molecule is C.CCC1CCC(N(C)CC(=O)O)C1.CCC1CCC(N(C)CC(C)=O)C1.CCC1CCC(N=CC(C)=O)C1.CCC1CCC(NCC(C)=O)C1.[CH2-][C@@H](C#N)N([CH2-])C(=O)CN(C)C1CCC(CC)C1.[CH2-][C@@H](C(N)=O)N([CH2-])C(=O)CN(C)C1CCC(CC)C1.[Y].[Y]. The van der Waals surface area contributed by atoms with E-state index in [0.29, 0.717) is 55.9 Å². The number of nitriles is 1. The third kappa shape index (κ3) is 38.0. The Hall–Kier alpha value is -1.94. The van der Waals surface area contributed by atoms with E-state index in [9.17, 15) is 33.6 Å². The average molecular weight is 1420 g/mol. The first kappa shape index (κ1) is 92.2. The topological polar surface area (TPSA) is 233 Å². The second kappa shape index (κ2) is 51.3. The van der Waals surface area contributed by atoms with Gasteiger partial charge in [-0.2, -0.15) is 5.26 Å². The molecule has 0 aromatic heterocycles. The van der Waals surface area contributed by atoms with Gasteiger partial charge in [0.1, 0.15) is 11.6 Å². The molecule has 6 aliphatic rings. The summed E-state index contributed by atoms with van der Waals surface area (Å²) in [7, 11) is 15.1.